The number of fused-ring (bicyclic) bond motifs is 1. The van der Waals surface area contributed by atoms with Gasteiger partial charge in [-0.3, -0.25) is 4.57 Å². The molecule has 0 bridgehead atoms. The Bertz CT molecular complexity index is 1200. The Labute approximate surface area is 161 Å². The molecule has 0 radical (unpaired) electrons. The van der Waals surface area contributed by atoms with Gasteiger partial charge in [0.25, 0.3) is 5.89 Å². The summed E-state index contributed by atoms with van der Waals surface area (Å²) < 4.78 is 12.4. The molecule has 7 heteroatoms. The van der Waals surface area contributed by atoms with Crippen LogP contribution in [-0.4, -0.2) is 26.8 Å². The summed E-state index contributed by atoms with van der Waals surface area (Å²) in [5.74, 6) is 1.62. The van der Waals surface area contributed by atoms with Crippen molar-refractivity contribution in [2.24, 2.45) is 0 Å². The van der Waals surface area contributed by atoms with Crippen LogP contribution >= 0.6 is 0 Å². The van der Waals surface area contributed by atoms with Gasteiger partial charge in [-0.05, 0) is 36.8 Å². The standard InChI is InChI=1S/C21H20N4O3/c1-3-12-25-17-10-8-15(13-16(17)22-21(25)26)20-23-19(28-24-20)11-9-14-6-4-5-7-18(14)27-2/h4-11,13H,3,12H2,1-2H3,(H,22,26)/b11-9+. The van der Waals surface area contributed by atoms with Crippen molar-refractivity contribution in [1.82, 2.24) is 19.7 Å². The number of benzene rings is 2. The largest absolute Gasteiger partial charge is 0.496 e. The molecule has 0 saturated heterocycles. The fourth-order valence-corrected chi connectivity index (χ4v) is 3.13. The number of ether oxygens (including phenoxy) is 1. The number of imidazole rings is 1. The van der Waals surface area contributed by atoms with Crippen molar-refractivity contribution in [2.75, 3.05) is 7.11 Å². The molecule has 0 aliphatic carbocycles. The minimum Gasteiger partial charge on any atom is -0.496 e. The minimum atomic E-state index is -0.109. The lowest BCUT2D eigenvalue weighted by Gasteiger charge is -2.02. The Morgan fingerprint density at radius 3 is 2.89 bits per heavy atom. The molecular formula is C21H20N4O3. The van der Waals surface area contributed by atoms with Gasteiger partial charge >= 0.3 is 5.69 Å². The van der Waals surface area contributed by atoms with Gasteiger partial charge in [-0.1, -0.05) is 30.3 Å². The van der Waals surface area contributed by atoms with Crippen molar-refractivity contribution < 1.29 is 9.26 Å². The van der Waals surface area contributed by atoms with Crippen LogP contribution in [0.15, 0.2) is 51.8 Å². The molecule has 2 aromatic carbocycles. The van der Waals surface area contributed by atoms with E-state index in [-0.39, 0.29) is 5.69 Å². The smallest absolute Gasteiger partial charge is 0.326 e. The van der Waals surface area contributed by atoms with Gasteiger partial charge in [-0.15, -0.1) is 0 Å². The summed E-state index contributed by atoms with van der Waals surface area (Å²) in [5.41, 5.74) is 3.21. The third-order valence-electron chi connectivity index (χ3n) is 4.47. The van der Waals surface area contributed by atoms with E-state index in [1.807, 2.05) is 55.5 Å². The molecule has 1 N–H and O–H groups in total. The predicted octanol–water partition coefficient (Wildman–Crippen LogP) is 3.97. The van der Waals surface area contributed by atoms with Crippen LogP contribution in [0.4, 0.5) is 0 Å². The van der Waals surface area contributed by atoms with Crippen LogP contribution in [0.2, 0.25) is 0 Å². The van der Waals surface area contributed by atoms with Gasteiger partial charge in [0, 0.05) is 23.7 Å². The van der Waals surface area contributed by atoms with E-state index in [9.17, 15) is 4.79 Å². The van der Waals surface area contributed by atoms with E-state index in [4.69, 9.17) is 9.26 Å². The molecule has 0 saturated carbocycles. The van der Waals surface area contributed by atoms with Gasteiger partial charge in [0.15, 0.2) is 0 Å². The first-order valence-electron chi connectivity index (χ1n) is 9.07. The molecule has 0 atom stereocenters. The number of hydrogen-bond acceptors (Lipinski definition) is 5. The van der Waals surface area contributed by atoms with Gasteiger partial charge < -0.3 is 14.2 Å². The zero-order valence-electron chi connectivity index (χ0n) is 15.7. The summed E-state index contributed by atoms with van der Waals surface area (Å²) >= 11 is 0. The second kappa shape index (κ2) is 7.56. The summed E-state index contributed by atoms with van der Waals surface area (Å²) in [5, 5.41) is 4.05. The van der Waals surface area contributed by atoms with Crippen molar-refractivity contribution in [3.8, 4) is 17.1 Å². The fraction of sp³-hybridized carbons (Fsp3) is 0.190. The summed E-state index contributed by atoms with van der Waals surface area (Å²) in [6.45, 7) is 2.72. The van der Waals surface area contributed by atoms with E-state index in [1.54, 1.807) is 17.8 Å². The number of hydrogen-bond donors (Lipinski definition) is 1. The summed E-state index contributed by atoms with van der Waals surface area (Å²) in [7, 11) is 1.63. The number of aromatic amines is 1. The van der Waals surface area contributed by atoms with Crippen molar-refractivity contribution in [3.63, 3.8) is 0 Å². The van der Waals surface area contributed by atoms with E-state index in [2.05, 4.69) is 15.1 Å². The van der Waals surface area contributed by atoms with Crippen LogP contribution in [0.25, 0.3) is 34.6 Å². The van der Waals surface area contributed by atoms with Crippen molar-refractivity contribution in [2.45, 2.75) is 19.9 Å². The Morgan fingerprint density at radius 2 is 2.07 bits per heavy atom. The molecule has 0 aliphatic rings. The highest BCUT2D eigenvalue weighted by Gasteiger charge is 2.11. The van der Waals surface area contributed by atoms with Crippen molar-refractivity contribution in [3.05, 3.63) is 64.4 Å². The summed E-state index contributed by atoms with van der Waals surface area (Å²) in [6, 6.07) is 13.3. The highest BCUT2D eigenvalue weighted by atomic mass is 16.5. The van der Waals surface area contributed by atoms with Crippen LogP contribution in [0.5, 0.6) is 5.75 Å². The zero-order chi connectivity index (χ0) is 19.5. The molecule has 7 nitrogen and oxygen atoms in total. The monoisotopic (exact) mass is 376 g/mol. The molecule has 142 valence electrons. The van der Waals surface area contributed by atoms with E-state index in [0.717, 1.165) is 34.3 Å². The molecule has 4 aromatic rings. The predicted molar refractivity (Wildman–Crippen MR) is 108 cm³/mol. The Hall–Kier alpha value is -3.61. The van der Waals surface area contributed by atoms with Crippen LogP contribution < -0.4 is 10.4 Å². The number of aryl methyl sites for hydroxylation is 1. The molecule has 0 aliphatic heterocycles. The highest BCUT2D eigenvalue weighted by molar-refractivity contribution is 5.80. The Morgan fingerprint density at radius 1 is 1.21 bits per heavy atom. The van der Waals surface area contributed by atoms with Gasteiger partial charge in [0.1, 0.15) is 5.75 Å². The second-order valence-corrected chi connectivity index (χ2v) is 6.35. The Kier molecular flexibility index (Phi) is 4.80. The maximum atomic E-state index is 12.1. The van der Waals surface area contributed by atoms with Gasteiger partial charge in [0.2, 0.25) is 5.82 Å². The number of rotatable bonds is 6. The average Bonchev–Trinajstić information content (AvgIpc) is 3.31. The quantitative estimate of drug-likeness (QED) is 0.550. The van der Waals surface area contributed by atoms with E-state index in [0.29, 0.717) is 18.3 Å². The van der Waals surface area contributed by atoms with Crippen molar-refractivity contribution in [1.29, 1.82) is 0 Å². The van der Waals surface area contributed by atoms with Gasteiger partial charge in [-0.25, -0.2) is 4.79 Å². The van der Waals surface area contributed by atoms with E-state index in [1.165, 1.54) is 0 Å². The van der Waals surface area contributed by atoms with Crippen LogP contribution in [0.3, 0.4) is 0 Å². The van der Waals surface area contributed by atoms with Gasteiger partial charge in [0.05, 0.1) is 18.1 Å². The maximum Gasteiger partial charge on any atom is 0.326 e. The molecular weight excluding hydrogens is 356 g/mol. The average molecular weight is 376 g/mol. The number of nitrogens with one attached hydrogen (secondary N) is 1. The minimum absolute atomic E-state index is 0.109. The topological polar surface area (TPSA) is 85.9 Å². The zero-order valence-corrected chi connectivity index (χ0v) is 15.7. The SMILES string of the molecule is CCCn1c(=O)[nH]c2cc(-c3noc(/C=C/c4ccccc4OC)n3)ccc21. The lowest BCUT2D eigenvalue weighted by atomic mass is 10.2. The van der Waals surface area contributed by atoms with Crippen LogP contribution in [-0.2, 0) is 6.54 Å². The summed E-state index contributed by atoms with van der Waals surface area (Å²) in [6.07, 6.45) is 4.50. The van der Waals surface area contributed by atoms with E-state index < -0.39 is 0 Å². The van der Waals surface area contributed by atoms with Crippen LogP contribution in [0, 0.1) is 0 Å². The molecule has 4 rings (SSSR count). The number of nitrogens with zero attached hydrogens (tertiary/aromatic N) is 3. The normalized spacial score (nSPS) is 11.5. The molecule has 0 amide bonds. The first-order chi connectivity index (χ1) is 13.7. The third-order valence-corrected chi connectivity index (χ3v) is 4.47. The van der Waals surface area contributed by atoms with Crippen molar-refractivity contribution >= 4 is 23.2 Å². The number of H-pyrrole nitrogens is 1. The molecule has 0 fully saturated rings. The first-order valence-corrected chi connectivity index (χ1v) is 9.07. The number of methoxy groups -OCH3 is 1. The van der Waals surface area contributed by atoms with E-state index >= 15 is 0 Å². The number of aromatic nitrogens is 4. The molecule has 2 aromatic heterocycles. The fourth-order valence-electron chi connectivity index (χ4n) is 3.13. The maximum absolute atomic E-state index is 12.1. The number of para-hydroxylation sites is 1. The molecule has 2 heterocycles. The van der Waals surface area contributed by atoms with Gasteiger partial charge in [-0.2, -0.15) is 4.98 Å². The molecule has 0 unspecified atom stereocenters. The lowest BCUT2D eigenvalue weighted by molar-refractivity contribution is 0.411. The first kappa shape index (κ1) is 17.8. The molecule has 0 spiro atoms. The lowest BCUT2D eigenvalue weighted by Crippen LogP contribution is -2.16. The summed E-state index contributed by atoms with van der Waals surface area (Å²) in [4.78, 5) is 19.4. The molecule has 28 heavy (non-hydrogen) atoms. The highest BCUT2D eigenvalue weighted by Crippen LogP contribution is 2.23. The Balaban J connectivity index is 1.62. The third kappa shape index (κ3) is 3.34. The van der Waals surface area contributed by atoms with Crippen LogP contribution in [0.1, 0.15) is 24.8 Å². The second-order valence-electron chi connectivity index (χ2n) is 6.35.